The van der Waals surface area contributed by atoms with Gasteiger partial charge in [0.25, 0.3) is 0 Å². The van der Waals surface area contributed by atoms with E-state index < -0.39 is 29.1 Å². The van der Waals surface area contributed by atoms with Crippen LogP contribution in [0.2, 0.25) is 5.15 Å². The minimum atomic E-state index is -4.87. The summed E-state index contributed by atoms with van der Waals surface area (Å²) in [6.07, 6.45) is -9.54. The van der Waals surface area contributed by atoms with Gasteiger partial charge in [0, 0.05) is 5.56 Å². The Morgan fingerprint density at radius 3 is 2.18 bits per heavy atom. The predicted octanol–water partition coefficient (Wildman–Crippen LogP) is 5.32. The number of alkyl halides is 6. The zero-order chi connectivity index (χ0) is 16.5. The van der Waals surface area contributed by atoms with E-state index in [2.05, 4.69) is 9.72 Å². The number of benzene rings is 1. The largest absolute Gasteiger partial charge is 0.573 e. The van der Waals surface area contributed by atoms with Crippen LogP contribution in [0.3, 0.4) is 0 Å². The lowest BCUT2D eigenvalue weighted by Gasteiger charge is -2.12. The molecule has 0 amide bonds. The van der Waals surface area contributed by atoms with Crippen LogP contribution < -0.4 is 4.74 Å². The summed E-state index contributed by atoms with van der Waals surface area (Å²) in [6, 6.07) is 6.42. The molecule has 118 valence electrons. The zero-order valence-corrected chi connectivity index (χ0v) is 11.2. The maximum Gasteiger partial charge on any atom is 0.573 e. The van der Waals surface area contributed by atoms with Crippen LogP contribution >= 0.6 is 11.6 Å². The molecule has 0 fully saturated rings. The Labute approximate surface area is 125 Å². The maximum atomic E-state index is 12.5. The molecule has 1 aromatic heterocycles. The number of rotatable bonds is 2. The van der Waals surface area contributed by atoms with Gasteiger partial charge in [0.15, 0.2) is 0 Å². The molecule has 22 heavy (non-hydrogen) atoms. The average Bonchev–Trinajstić information content (AvgIpc) is 2.35. The van der Waals surface area contributed by atoms with Crippen molar-refractivity contribution in [1.82, 2.24) is 4.98 Å². The summed E-state index contributed by atoms with van der Waals surface area (Å²) in [7, 11) is 0. The first-order valence-corrected chi connectivity index (χ1v) is 6.04. The second-order valence-corrected chi connectivity index (χ2v) is 4.47. The lowest BCUT2D eigenvalue weighted by molar-refractivity contribution is -0.274. The van der Waals surface area contributed by atoms with Gasteiger partial charge in [-0.05, 0) is 29.8 Å². The average molecular weight is 342 g/mol. The second-order valence-electron chi connectivity index (χ2n) is 4.11. The summed E-state index contributed by atoms with van der Waals surface area (Å²) in [4.78, 5) is 3.20. The van der Waals surface area contributed by atoms with Gasteiger partial charge in [-0.3, -0.25) is 0 Å². The van der Waals surface area contributed by atoms with E-state index in [1.165, 1.54) is 12.1 Å². The minimum Gasteiger partial charge on any atom is -0.406 e. The van der Waals surface area contributed by atoms with Crippen LogP contribution in [0.15, 0.2) is 36.4 Å². The summed E-state index contributed by atoms with van der Waals surface area (Å²) in [5.74, 6) is -0.513. The Morgan fingerprint density at radius 2 is 1.64 bits per heavy atom. The van der Waals surface area contributed by atoms with Gasteiger partial charge in [-0.25, -0.2) is 4.98 Å². The van der Waals surface area contributed by atoms with E-state index in [4.69, 9.17) is 11.6 Å². The summed E-state index contributed by atoms with van der Waals surface area (Å²) < 4.78 is 77.7. The molecule has 0 saturated heterocycles. The molecule has 0 spiro atoms. The Kier molecular flexibility index (Phi) is 4.23. The van der Waals surface area contributed by atoms with Crippen molar-refractivity contribution in [3.05, 3.63) is 47.2 Å². The normalized spacial score (nSPS) is 12.3. The second kappa shape index (κ2) is 5.68. The molecule has 0 aliphatic heterocycles. The number of ether oxygens (including phenoxy) is 1. The van der Waals surface area contributed by atoms with Gasteiger partial charge in [-0.2, -0.15) is 13.2 Å². The maximum absolute atomic E-state index is 12.5. The Hall–Kier alpha value is -1.96. The zero-order valence-electron chi connectivity index (χ0n) is 10.5. The molecule has 0 atom stereocenters. The highest BCUT2D eigenvalue weighted by Crippen LogP contribution is 2.34. The third kappa shape index (κ3) is 4.03. The third-order valence-electron chi connectivity index (χ3n) is 2.52. The van der Waals surface area contributed by atoms with Gasteiger partial charge in [0.2, 0.25) is 0 Å². The number of hydrogen-bond acceptors (Lipinski definition) is 2. The van der Waals surface area contributed by atoms with Crippen molar-refractivity contribution in [2.45, 2.75) is 12.5 Å². The molecule has 0 aliphatic rings. The molecule has 0 unspecified atom stereocenters. The highest BCUT2D eigenvalue weighted by Gasteiger charge is 2.33. The minimum absolute atomic E-state index is 0.0577. The van der Waals surface area contributed by atoms with Crippen molar-refractivity contribution in [2.75, 3.05) is 0 Å². The fourth-order valence-corrected chi connectivity index (χ4v) is 1.93. The van der Waals surface area contributed by atoms with Crippen LogP contribution in [0, 0.1) is 0 Å². The number of nitrogens with zero attached hydrogens (tertiary/aromatic N) is 1. The Morgan fingerprint density at radius 1 is 0.955 bits per heavy atom. The van der Waals surface area contributed by atoms with Gasteiger partial charge in [0.1, 0.15) is 16.6 Å². The molecular formula is C13H6ClF6NO. The van der Waals surface area contributed by atoms with E-state index in [0.717, 1.165) is 18.2 Å². The van der Waals surface area contributed by atoms with Crippen molar-refractivity contribution in [3.63, 3.8) is 0 Å². The van der Waals surface area contributed by atoms with Crippen molar-refractivity contribution in [2.24, 2.45) is 0 Å². The van der Waals surface area contributed by atoms with Gasteiger partial charge in [-0.15, -0.1) is 13.2 Å². The third-order valence-corrected chi connectivity index (χ3v) is 2.81. The summed E-state index contributed by atoms with van der Waals surface area (Å²) in [5.41, 5.74) is -0.987. The Bertz CT molecular complexity index is 683. The van der Waals surface area contributed by atoms with Gasteiger partial charge >= 0.3 is 12.5 Å². The number of aromatic nitrogens is 1. The molecule has 0 radical (unpaired) electrons. The Balaban J connectivity index is 2.38. The SMILES string of the molecule is FC(F)(F)Oc1cccc(-c2ccc(C(F)(F)F)nc2Cl)c1. The molecule has 0 aliphatic carbocycles. The molecular weight excluding hydrogens is 336 g/mol. The molecule has 9 heteroatoms. The van der Waals surface area contributed by atoms with E-state index in [1.807, 2.05) is 0 Å². The van der Waals surface area contributed by atoms with E-state index >= 15 is 0 Å². The van der Waals surface area contributed by atoms with Crippen LogP contribution in [0.25, 0.3) is 11.1 Å². The molecule has 1 aromatic carbocycles. The molecule has 0 saturated carbocycles. The van der Waals surface area contributed by atoms with Crippen LogP contribution in [-0.4, -0.2) is 11.3 Å². The lowest BCUT2D eigenvalue weighted by atomic mass is 10.1. The van der Waals surface area contributed by atoms with Crippen molar-refractivity contribution in [3.8, 4) is 16.9 Å². The summed E-state index contributed by atoms with van der Waals surface area (Å²) in [6.45, 7) is 0. The van der Waals surface area contributed by atoms with Gasteiger partial charge < -0.3 is 4.74 Å². The number of hydrogen-bond donors (Lipinski definition) is 0. The van der Waals surface area contributed by atoms with Crippen LogP contribution in [0.4, 0.5) is 26.3 Å². The van der Waals surface area contributed by atoms with Gasteiger partial charge in [0.05, 0.1) is 0 Å². The number of pyridine rings is 1. The predicted molar refractivity (Wildman–Crippen MR) is 66.4 cm³/mol. The van der Waals surface area contributed by atoms with E-state index in [1.54, 1.807) is 0 Å². The van der Waals surface area contributed by atoms with E-state index in [9.17, 15) is 26.3 Å². The van der Waals surface area contributed by atoms with Crippen molar-refractivity contribution >= 4 is 11.6 Å². The smallest absolute Gasteiger partial charge is 0.406 e. The number of halogens is 7. The molecule has 0 N–H and O–H groups in total. The van der Waals surface area contributed by atoms with Crippen molar-refractivity contribution < 1.29 is 31.1 Å². The highest BCUT2D eigenvalue weighted by molar-refractivity contribution is 6.32. The molecule has 1 heterocycles. The first-order valence-electron chi connectivity index (χ1n) is 5.66. The lowest BCUT2D eigenvalue weighted by Crippen LogP contribution is -2.17. The quantitative estimate of drug-likeness (QED) is 0.545. The molecule has 2 nitrogen and oxygen atoms in total. The van der Waals surface area contributed by atoms with Crippen molar-refractivity contribution in [1.29, 1.82) is 0 Å². The molecule has 2 rings (SSSR count). The topological polar surface area (TPSA) is 22.1 Å². The summed E-state index contributed by atoms with van der Waals surface area (Å²) in [5, 5.41) is -0.473. The van der Waals surface area contributed by atoms with E-state index in [-0.39, 0.29) is 11.1 Å². The first-order chi connectivity index (χ1) is 10.1. The van der Waals surface area contributed by atoms with Crippen LogP contribution in [0.1, 0.15) is 5.69 Å². The standard InChI is InChI=1S/C13H6ClF6NO/c14-11-9(4-5-10(21-11)12(15,16)17)7-2-1-3-8(6-7)22-13(18,19)20/h1-6H. The monoisotopic (exact) mass is 341 g/mol. The fraction of sp³-hybridized carbons (Fsp3) is 0.154. The first kappa shape index (κ1) is 16.4. The van der Waals surface area contributed by atoms with Crippen LogP contribution in [0.5, 0.6) is 5.75 Å². The molecule has 0 bridgehead atoms. The highest BCUT2D eigenvalue weighted by atomic mass is 35.5. The van der Waals surface area contributed by atoms with Gasteiger partial charge in [-0.1, -0.05) is 23.7 Å². The fourth-order valence-electron chi connectivity index (χ4n) is 1.67. The summed E-state index contributed by atoms with van der Waals surface area (Å²) >= 11 is 5.68. The van der Waals surface area contributed by atoms with Crippen LogP contribution in [-0.2, 0) is 6.18 Å². The molecule has 2 aromatic rings. The van der Waals surface area contributed by atoms with E-state index in [0.29, 0.717) is 6.07 Å².